The van der Waals surface area contributed by atoms with Crippen LogP contribution in [0.15, 0.2) is 79.1 Å². The van der Waals surface area contributed by atoms with Gasteiger partial charge < -0.3 is 9.72 Å². The summed E-state index contributed by atoms with van der Waals surface area (Å²) in [4.78, 5) is 32.9. The maximum atomic E-state index is 13.3. The van der Waals surface area contributed by atoms with Crippen molar-refractivity contribution in [2.45, 2.75) is 6.10 Å². The molecule has 0 radical (unpaired) electrons. The summed E-state index contributed by atoms with van der Waals surface area (Å²) in [6.45, 7) is 0. The van der Waals surface area contributed by atoms with Crippen LogP contribution in [0.25, 0.3) is 10.9 Å². The molecule has 2 heterocycles. The zero-order valence-electron chi connectivity index (χ0n) is 14.6. The highest BCUT2D eigenvalue weighted by Crippen LogP contribution is 2.28. The summed E-state index contributed by atoms with van der Waals surface area (Å²) >= 11 is 5.77. The van der Waals surface area contributed by atoms with Gasteiger partial charge in [-0.25, -0.2) is 9.78 Å². The summed E-state index contributed by atoms with van der Waals surface area (Å²) in [5.41, 5.74) is 2.11. The number of carbonyl (C=O) groups excluding carboxylic acids is 2. The molecule has 0 saturated carbocycles. The van der Waals surface area contributed by atoms with Crippen LogP contribution in [0, 0.1) is 0 Å². The molecule has 0 spiro atoms. The van der Waals surface area contributed by atoms with Crippen LogP contribution in [-0.4, -0.2) is 21.7 Å². The predicted molar refractivity (Wildman–Crippen MR) is 106 cm³/mol. The molecule has 28 heavy (non-hydrogen) atoms. The fourth-order valence-electron chi connectivity index (χ4n) is 2.99. The van der Waals surface area contributed by atoms with Gasteiger partial charge in [0.25, 0.3) is 0 Å². The molecule has 1 atom stereocenters. The van der Waals surface area contributed by atoms with Crippen LogP contribution < -0.4 is 0 Å². The molecule has 2 aromatic carbocycles. The molecule has 0 amide bonds. The van der Waals surface area contributed by atoms with Crippen molar-refractivity contribution in [2.75, 3.05) is 0 Å². The van der Waals surface area contributed by atoms with E-state index >= 15 is 0 Å². The highest BCUT2D eigenvalue weighted by atomic mass is 35.5. The van der Waals surface area contributed by atoms with Gasteiger partial charge >= 0.3 is 5.97 Å². The van der Waals surface area contributed by atoms with E-state index in [2.05, 4.69) is 9.97 Å². The number of aromatic nitrogens is 2. The molecule has 4 rings (SSSR count). The Balaban J connectivity index is 1.70. The molecule has 0 fully saturated rings. The highest BCUT2D eigenvalue weighted by molar-refractivity contribution is 6.29. The first kappa shape index (κ1) is 17.9. The number of carbonyl (C=O) groups is 2. The van der Waals surface area contributed by atoms with Crippen LogP contribution in [0.4, 0.5) is 0 Å². The third kappa shape index (κ3) is 3.52. The maximum absolute atomic E-state index is 13.3. The van der Waals surface area contributed by atoms with E-state index in [0.717, 1.165) is 10.9 Å². The second-order valence-electron chi connectivity index (χ2n) is 6.18. The summed E-state index contributed by atoms with van der Waals surface area (Å²) < 4.78 is 5.61. The summed E-state index contributed by atoms with van der Waals surface area (Å²) in [7, 11) is 0. The smallest absolute Gasteiger partial charge is 0.340 e. The number of ether oxygens (including phenoxy) is 1. The minimum absolute atomic E-state index is 0.219. The fourth-order valence-corrected chi connectivity index (χ4v) is 3.10. The highest BCUT2D eigenvalue weighted by Gasteiger charge is 2.28. The molecular formula is C22H15ClN2O3. The summed E-state index contributed by atoms with van der Waals surface area (Å²) in [6, 6.07) is 19.4. The first-order valence-corrected chi connectivity index (χ1v) is 8.99. The molecule has 138 valence electrons. The molecule has 5 nitrogen and oxygen atoms in total. The number of ketones is 1. The van der Waals surface area contributed by atoms with Gasteiger partial charge in [0.05, 0.1) is 5.56 Å². The number of benzene rings is 2. The lowest BCUT2D eigenvalue weighted by Crippen LogP contribution is -2.20. The van der Waals surface area contributed by atoms with Gasteiger partial charge in [-0.15, -0.1) is 0 Å². The number of aromatic amines is 1. The van der Waals surface area contributed by atoms with Crippen molar-refractivity contribution in [3.63, 3.8) is 0 Å². The van der Waals surface area contributed by atoms with E-state index in [4.69, 9.17) is 16.3 Å². The zero-order chi connectivity index (χ0) is 19.5. The largest absolute Gasteiger partial charge is 0.445 e. The number of pyridine rings is 1. The Labute approximate surface area is 165 Å². The third-order valence-electron chi connectivity index (χ3n) is 4.38. The van der Waals surface area contributed by atoms with Gasteiger partial charge in [-0.2, -0.15) is 0 Å². The van der Waals surface area contributed by atoms with E-state index in [0.29, 0.717) is 11.1 Å². The van der Waals surface area contributed by atoms with Crippen molar-refractivity contribution in [2.24, 2.45) is 0 Å². The van der Waals surface area contributed by atoms with Crippen LogP contribution in [0.1, 0.15) is 32.4 Å². The Bertz CT molecular complexity index is 1140. The van der Waals surface area contributed by atoms with E-state index in [1.165, 1.54) is 18.3 Å². The van der Waals surface area contributed by atoms with E-state index in [-0.39, 0.29) is 16.5 Å². The van der Waals surface area contributed by atoms with E-state index in [1.807, 2.05) is 30.3 Å². The Morgan fingerprint density at radius 1 is 0.964 bits per heavy atom. The molecule has 0 aliphatic carbocycles. The van der Waals surface area contributed by atoms with Crippen LogP contribution >= 0.6 is 11.6 Å². The number of fused-ring (bicyclic) bond motifs is 1. The number of nitrogens with one attached hydrogen (secondary N) is 1. The number of esters is 1. The standard InChI is InChI=1S/C22H15ClN2O3/c23-19-11-10-15(12-25-19)22(27)28-21(14-6-2-1-3-7-14)20(26)17-13-24-18-9-5-4-8-16(17)18/h1-13,21,24H. The predicted octanol–water partition coefficient (Wildman–Crippen LogP) is 5.00. The minimum Gasteiger partial charge on any atom is -0.445 e. The summed E-state index contributed by atoms with van der Waals surface area (Å²) in [6.07, 6.45) is 1.88. The minimum atomic E-state index is -1.08. The fraction of sp³-hybridized carbons (Fsp3) is 0.0455. The van der Waals surface area contributed by atoms with Gasteiger partial charge in [-0.1, -0.05) is 60.1 Å². The first-order chi connectivity index (χ1) is 13.6. The van der Waals surface area contributed by atoms with Gasteiger partial charge in [0.15, 0.2) is 6.10 Å². The van der Waals surface area contributed by atoms with Crippen LogP contribution in [0.3, 0.4) is 0 Å². The molecule has 0 aliphatic rings. The number of nitrogens with zero attached hydrogens (tertiary/aromatic N) is 1. The van der Waals surface area contributed by atoms with E-state index < -0.39 is 12.1 Å². The molecular weight excluding hydrogens is 376 g/mol. The first-order valence-electron chi connectivity index (χ1n) is 8.61. The number of rotatable bonds is 5. The molecule has 4 aromatic rings. The van der Waals surface area contributed by atoms with Gasteiger partial charge in [-0.05, 0) is 18.2 Å². The number of H-pyrrole nitrogens is 1. The Hall–Kier alpha value is -3.44. The van der Waals surface area contributed by atoms with Crippen LogP contribution in [0.5, 0.6) is 0 Å². The van der Waals surface area contributed by atoms with Crippen molar-refractivity contribution >= 4 is 34.3 Å². The number of hydrogen-bond acceptors (Lipinski definition) is 4. The van der Waals surface area contributed by atoms with Crippen molar-refractivity contribution in [3.05, 3.63) is 101 Å². The van der Waals surface area contributed by atoms with E-state index in [9.17, 15) is 9.59 Å². The average Bonchev–Trinajstić information content (AvgIpc) is 3.17. The molecule has 0 bridgehead atoms. The van der Waals surface area contributed by atoms with Gasteiger partial charge in [0.1, 0.15) is 5.15 Å². The molecule has 0 aliphatic heterocycles. The molecule has 6 heteroatoms. The summed E-state index contributed by atoms with van der Waals surface area (Å²) in [5, 5.41) is 1.05. The summed E-state index contributed by atoms with van der Waals surface area (Å²) in [5.74, 6) is -0.954. The van der Waals surface area contributed by atoms with Gasteiger partial charge in [0.2, 0.25) is 5.78 Å². The van der Waals surface area contributed by atoms with Crippen LogP contribution in [-0.2, 0) is 4.74 Å². The van der Waals surface area contributed by atoms with E-state index in [1.54, 1.807) is 30.5 Å². The second-order valence-corrected chi connectivity index (χ2v) is 6.57. The van der Waals surface area contributed by atoms with Crippen molar-refractivity contribution in [3.8, 4) is 0 Å². The quantitative estimate of drug-likeness (QED) is 0.296. The third-order valence-corrected chi connectivity index (χ3v) is 4.61. The average molecular weight is 391 g/mol. The monoisotopic (exact) mass is 390 g/mol. The van der Waals surface area contributed by atoms with Gasteiger partial charge in [-0.3, -0.25) is 4.79 Å². The molecule has 1 N–H and O–H groups in total. The zero-order valence-corrected chi connectivity index (χ0v) is 15.4. The van der Waals surface area contributed by atoms with Crippen molar-refractivity contribution in [1.82, 2.24) is 9.97 Å². The van der Waals surface area contributed by atoms with Crippen molar-refractivity contribution in [1.29, 1.82) is 0 Å². The Kier molecular flexibility index (Phi) is 4.91. The maximum Gasteiger partial charge on any atom is 0.340 e. The van der Waals surface area contributed by atoms with Crippen molar-refractivity contribution < 1.29 is 14.3 Å². The van der Waals surface area contributed by atoms with Crippen LogP contribution in [0.2, 0.25) is 5.15 Å². The topological polar surface area (TPSA) is 72.1 Å². The lowest BCUT2D eigenvalue weighted by molar-refractivity contribution is 0.0280. The molecule has 1 unspecified atom stereocenters. The van der Waals surface area contributed by atoms with Gasteiger partial charge in [0, 0.05) is 34.4 Å². The normalized spacial score (nSPS) is 11.9. The number of halogens is 1. The Morgan fingerprint density at radius 3 is 2.46 bits per heavy atom. The lowest BCUT2D eigenvalue weighted by Gasteiger charge is -2.17. The lowest BCUT2D eigenvalue weighted by atomic mass is 9.99. The second kappa shape index (κ2) is 7.66. The Morgan fingerprint density at radius 2 is 1.71 bits per heavy atom. The molecule has 0 saturated heterocycles. The number of hydrogen-bond donors (Lipinski definition) is 1. The number of para-hydroxylation sites is 1. The molecule has 2 aromatic heterocycles. The SMILES string of the molecule is O=C(OC(C(=O)c1c[nH]c2ccccc12)c1ccccc1)c1ccc(Cl)nc1. The number of Topliss-reactive ketones (excluding diaryl/α,β-unsaturated/α-hetero) is 1.